The van der Waals surface area contributed by atoms with Crippen molar-refractivity contribution in [1.29, 1.82) is 0 Å². The van der Waals surface area contributed by atoms with Crippen LogP contribution in [0, 0.1) is 0 Å². The predicted octanol–water partition coefficient (Wildman–Crippen LogP) is 0.721. The number of aromatic nitrogens is 1. The van der Waals surface area contributed by atoms with Crippen molar-refractivity contribution >= 4 is 17.5 Å². The maximum atomic E-state index is 11.5. The molecular weight excluding hydrogens is 242 g/mol. The van der Waals surface area contributed by atoms with Gasteiger partial charge in [0.05, 0.1) is 17.1 Å². The molecule has 0 unspecified atom stereocenters. The lowest BCUT2D eigenvalue weighted by atomic mass is 10.3. The lowest BCUT2D eigenvalue weighted by Crippen LogP contribution is -2.44. The number of nitrogens with one attached hydrogen (secondary N) is 1. The number of carbonyl (C=O) groups is 1. The average Bonchev–Trinajstić information content (AvgIpc) is 3.06. The van der Waals surface area contributed by atoms with Crippen LogP contribution >= 0.6 is 11.6 Å². The van der Waals surface area contributed by atoms with E-state index in [1.54, 1.807) is 12.1 Å². The standard InChI is InChI=1S/C11H14ClN3O2/c12-8-1-2-9(15-7-8)17-6-5-14-10(16)11(13)3-4-11/h1-2,7H,3-6,13H2,(H,14,16). The Morgan fingerprint density at radius 1 is 1.59 bits per heavy atom. The summed E-state index contributed by atoms with van der Waals surface area (Å²) in [5, 5.41) is 3.28. The van der Waals surface area contributed by atoms with Gasteiger partial charge in [0.25, 0.3) is 0 Å². The van der Waals surface area contributed by atoms with Crippen LogP contribution < -0.4 is 15.8 Å². The molecule has 3 N–H and O–H groups in total. The van der Waals surface area contributed by atoms with Crippen molar-refractivity contribution in [3.05, 3.63) is 23.4 Å². The number of nitrogens with zero attached hydrogens (tertiary/aromatic N) is 1. The van der Waals surface area contributed by atoms with E-state index in [-0.39, 0.29) is 5.91 Å². The van der Waals surface area contributed by atoms with E-state index in [2.05, 4.69) is 10.3 Å². The van der Waals surface area contributed by atoms with Gasteiger partial charge < -0.3 is 15.8 Å². The summed E-state index contributed by atoms with van der Waals surface area (Å²) in [6.07, 6.45) is 3.03. The molecule has 1 aliphatic rings. The van der Waals surface area contributed by atoms with Gasteiger partial charge in [0.1, 0.15) is 6.61 Å². The largest absolute Gasteiger partial charge is 0.476 e. The molecule has 5 nitrogen and oxygen atoms in total. The molecule has 1 aromatic heterocycles. The highest BCUT2D eigenvalue weighted by Crippen LogP contribution is 2.31. The number of hydrogen-bond acceptors (Lipinski definition) is 4. The van der Waals surface area contributed by atoms with Gasteiger partial charge in [0.2, 0.25) is 11.8 Å². The molecule has 1 fully saturated rings. The second-order valence-electron chi connectivity index (χ2n) is 4.08. The Kier molecular flexibility index (Phi) is 3.49. The van der Waals surface area contributed by atoms with Crippen molar-refractivity contribution in [2.75, 3.05) is 13.2 Å². The number of pyridine rings is 1. The monoisotopic (exact) mass is 255 g/mol. The van der Waals surface area contributed by atoms with Gasteiger partial charge >= 0.3 is 0 Å². The Morgan fingerprint density at radius 2 is 2.35 bits per heavy atom. The molecule has 1 heterocycles. The molecule has 0 spiro atoms. The van der Waals surface area contributed by atoms with Crippen LogP contribution in [0.3, 0.4) is 0 Å². The maximum absolute atomic E-state index is 11.5. The Balaban J connectivity index is 1.66. The van der Waals surface area contributed by atoms with Crippen molar-refractivity contribution < 1.29 is 9.53 Å². The lowest BCUT2D eigenvalue weighted by Gasteiger charge is -2.10. The number of rotatable bonds is 5. The van der Waals surface area contributed by atoms with Crippen LogP contribution in [0.25, 0.3) is 0 Å². The van der Waals surface area contributed by atoms with Crippen LogP contribution in [0.4, 0.5) is 0 Å². The van der Waals surface area contributed by atoms with E-state index in [1.807, 2.05) is 0 Å². The first-order chi connectivity index (χ1) is 8.10. The molecule has 1 amide bonds. The maximum Gasteiger partial charge on any atom is 0.240 e. The van der Waals surface area contributed by atoms with E-state index >= 15 is 0 Å². The van der Waals surface area contributed by atoms with Crippen LogP contribution in [-0.4, -0.2) is 29.6 Å². The lowest BCUT2D eigenvalue weighted by molar-refractivity contribution is -0.123. The summed E-state index contributed by atoms with van der Waals surface area (Å²) in [4.78, 5) is 15.4. The summed E-state index contributed by atoms with van der Waals surface area (Å²) in [6, 6.07) is 3.37. The second-order valence-corrected chi connectivity index (χ2v) is 4.51. The second kappa shape index (κ2) is 4.89. The van der Waals surface area contributed by atoms with Crippen LogP contribution in [0.5, 0.6) is 5.88 Å². The van der Waals surface area contributed by atoms with Gasteiger partial charge in [-0.15, -0.1) is 0 Å². The molecular formula is C11H14ClN3O2. The summed E-state index contributed by atoms with van der Waals surface area (Å²) in [5.74, 6) is 0.377. The third-order valence-corrected chi connectivity index (χ3v) is 2.80. The average molecular weight is 256 g/mol. The van der Waals surface area contributed by atoms with Crippen molar-refractivity contribution in [1.82, 2.24) is 10.3 Å². The van der Waals surface area contributed by atoms with Gasteiger partial charge in [-0.25, -0.2) is 4.98 Å². The SMILES string of the molecule is NC1(C(=O)NCCOc2ccc(Cl)cn2)CC1. The highest BCUT2D eigenvalue weighted by Gasteiger charge is 2.45. The molecule has 6 heteroatoms. The minimum atomic E-state index is -0.626. The van der Waals surface area contributed by atoms with Crippen molar-refractivity contribution in [2.24, 2.45) is 5.73 Å². The number of amides is 1. The first-order valence-corrected chi connectivity index (χ1v) is 5.79. The minimum absolute atomic E-state index is 0.106. The highest BCUT2D eigenvalue weighted by molar-refractivity contribution is 6.30. The number of nitrogens with two attached hydrogens (primary N) is 1. The topological polar surface area (TPSA) is 77.2 Å². The van der Waals surface area contributed by atoms with E-state index in [0.29, 0.717) is 24.1 Å². The van der Waals surface area contributed by atoms with Crippen molar-refractivity contribution in [3.63, 3.8) is 0 Å². The van der Waals surface area contributed by atoms with Crippen LogP contribution in [0.2, 0.25) is 5.02 Å². The molecule has 1 aromatic rings. The quantitative estimate of drug-likeness (QED) is 0.760. The summed E-state index contributed by atoms with van der Waals surface area (Å²) in [6.45, 7) is 0.776. The first kappa shape index (κ1) is 12.1. The molecule has 0 aliphatic heterocycles. The Bertz CT molecular complexity index is 404. The predicted molar refractivity (Wildman–Crippen MR) is 63.9 cm³/mol. The van der Waals surface area contributed by atoms with Gasteiger partial charge in [-0.3, -0.25) is 4.79 Å². The minimum Gasteiger partial charge on any atom is -0.476 e. The number of hydrogen-bond donors (Lipinski definition) is 2. The van der Waals surface area contributed by atoms with E-state index < -0.39 is 5.54 Å². The van der Waals surface area contributed by atoms with E-state index in [0.717, 1.165) is 12.8 Å². The third kappa shape index (κ3) is 3.31. The zero-order valence-corrected chi connectivity index (χ0v) is 10.0. The van der Waals surface area contributed by atoms with Gasteiger partial charge in [-0.1, -0.05) is 11.6 Å². The van der Waals surface area contributed by atoms with Crippen molar-refractivity contribution in [2.45, 2.75) is 18.4 Å². The molecule has 1 aliphatic carbocycles. The molecule has 1 saturated carbocycles. The summed E-state index contributed by atoms with van der Waals surface area (Å²) in [7, 11) is 0. The zero-order chi connectivity index (χ0) is 12.3. The normalized spacial score (nSPS) is 16.4. The molecule has 92 valence electrons. The first-order valence-electron chi connectivity index (χ1n) is 5.42. The molecule has 0 saturated heterocycles. The molecule has 2 rings (SSSR count). The van der Waals surface area contributed by atoms with Gasteiger partial charge in [0, 0.05) is 12.3 Å². The Morgan fingerprint density at radius 3 is 2.94 bits per heavy atom. The van der Waals surface area contributed by atoms with E-state index in [4.69, 9.17) is 22.1 Å². The van der Waals surface area contributed by atoms with E-state index in [9.17, 15) is 4.79 Å². The van der Waals surface area contributed by atoms with Crippen LogP contribution in [0.1, 0.15) is 12.8 Å². The Labute approximate surface area is 104 Å². The Hall–Kier alpha value is -1.33. The smallest absolute Gasteiger partial charge is 0.240 e. The van der Waals surface area contributed by atoms with Crippen molar-refractivity contribution in [3.8, 4) is 5.88 Å². The molecule has 0 radical (unpaired) electrons. The van der Waals surface area contributed by atoms with Gasteiger partial charge in [-0.05, 0) is 18.9 Å². The fourth-order valence-electron chi connectivity index (χ4n) is 1.31. The fourth-order valence-corrected chi connectivity index (χ4v) is 1.42. The van der Waals surface area contributed by atoms with E-state index in [1.165, 1.54) is 6.20 Å². The number of ether oxygens (including phenoxy) is 1. The zero-order valence-electron chi connectivity index (χ0n) is 9.28. The number of carbonyl (C=O) groups excluding carboxylic acids is 1. The van der Waals surface area contributed by atoms with Gasteiger partial charge in [-0.2, -0.15) is 0 Å². The van der Waals surface area contributed by atoms with Crippen LogP contribution in [-0.2, 0) is 4.79 Å². The molecule has 0 aromatic carbocycles. The van der Waals surface area contributed by atoms with Gasteiger partial charge in [0.15, 0.2) is 0 Å². The van der Waals surface area contributed by atoms with Crippen LogP contribution in [0.15, 0.2) is 18.3 Å². The molecule has 17 heavy (non-hydrogen) atoms. The third-order valence-electron chi connectivity index (χ3n) is 2.58. The molecule has 0 atom stereocenters. The highest BCUT2D eigenvalue weighted by atomic mass is 35.5. The molecule has 0 bridgehead atoms. The number of halogens is 1. The summed E-state index contributed by atoms with van der Waals surface area (Å²) < 4.78 is 5.32. The summed E-state index contributed by atoms with van der Waals surface area (Å²) in [5.41, 5.74) is 5.09. The fraction of sp³-hybridized carbons (Fsp3) is 0.455. The summed E-state index contributed by atoms with van der Waals surface area (Å²) >= 11 is 5.68.